The van der Waals surface area contributed by atoms with Gasteiger partial charge in [0, 0.05) is 6.54 Å². The van der Waals surface area contributed by atoms with E-state index in [0.717, 1.165) is 17.5 Å². The minimum Gasteiger partial charge on any atom is -0.373 e. The van der Waals surface area contributed by atoms with E-state index in [0.29, 0.717) is 13.2 Å². The molecule has 3 rings (SSSR count). The molecule has 1 heterocycles. The Balaban J connectivity index is 1.71. The van der Waals surface area contributed by atoms with Gasteiger partial charge in [0.2, 0.25) is 5.91 Å². The largest absolute Gasteiger partial charge is 0.373 e. The second-order valence-electron chi connectivity index (χ2n) is 6.09. The fraction of sp³-hybridized carbons (Fsp3) is 0.286. The Morgan fingerprint density at radius 1 is 1.24 bits per heavy atom. The van der Waals surface area contributed by atoms with E-state index in [1.54, 1.807) is 17.0 Å². The standard InChI is InChI=1S/C21H20FNO2/c1-2-12-23(15-16-7-9-18(22)10-8-16)21(24)14-20-19-6-4-3-5-17(19)11-13-25-20/h1,3-10,20H,11-15H2. The zero-order chi connectivity index (χ0) is 17.6. The van der Waals surface area contributed by atoms with Gasteiger partial charge in [-0.25, -0.2) is 4.39 Å². The van der Waals surface area contributed by atoms with Gasteiger partial charge in [0.15, 0.2) is 0 Å². The number of hydrogen-bond donors (Lipinski definition) is 0. The second-order valence-corrected chi connectivity index (χ2v) is 6.09. The Morgan fingerprint density at radius 3 is 2.76 bits per heavy atom. The van der Waals surface area contributed by atoms with Crippen LogP contribution in [0.15, 0.2) is 48.5 Å². The minimum atomic E-state index is -0.300. The van der Waals surface area contributed by atoms with Gasteiger partial charge in [0.1, 0.15) is 5.82 Å². The fourth-order valence-electron chi connectivity index (χ4n) is 3.09. The smallest absolute Gasteiger partial charge is 0.226 e. The van der Waals surface area contributed by atoms with Crippen molar-refractivity contribution in [3.63, 3.8) is 0 Å². The van der Waals surface area contributed by atoms with Crippen LogP contribution in [-0.4, -0.2) is 24.0 Å². The van der Waals surface area contributed by atoms with Crippen molar-refractivity contribution in [2.45, 2.75) is 25.5 Å². The molecule has 4 heteroatoms. The average Bonchev–Trinajstić information content (AvgIpc) is 2.63. The first kappa shape index (κ1) is 17.2. The summed E-state index contributed by atoms with van der Waals surface area (Å²) in [5, 5.41) is 0. The third-order valence-corrected chi connectivity index (χ3v) is 4.37. The molecule has 1 aliphatic rings. The lowest BCUT2D eigenvalue weighted by atomic mass is 9.95. The van der Waals surface area contributed by atoms with Crippen LogP contribution in [0.2, 0.25) is 0 Å². The van der Waals surface area contributed by atoms with Crippen LogP contribution in [0, 0.1) is 18.2 Å². The lowest BCUT2D eigenvalue weighted by molar-refractivity contribution is -0.134. The lowest BCUT2D eigenvalue weighted by Crippen LogP contribution is -2.33. The second kappa shape index (κ2) is 7.96. The number of amides is 1. The highest BCUT2D eigenvalue weighted by Gasteiger charge is 2.25. The summed E-state index contributed by atoms with van der Waals surface area (Å²) < 4.78 is 18.9. The van der Waals surface area contributed by atoms with Gasteiger partial charge in [-0.15, -0.1) is 6.42 Å². The highest BCUT2D eigenvalue weighted by atomic mass is 19.1. The molecule has 25 heavy (non-hydrogen) atoms. The predicted molar refractivity (Wildman–Crippen MR) is 94.1 cm³/mol. The Kier molecular flexibility index (Phi) is 5.47. The maximum atomic E-state index is 13.1. The highest BCUT2D eigenvalue weighted by Crippen LogP contribution is 2.30. The number of halogens is 1. The predicted octanol–water partition coefficient (Wildman–Crippen LogP) is 3.49. The number of hydrogen-bond acceptors (Lipinski definition) is 2. The number of terminal acetylenes is 1. The molecular weight excluding hydrogens is 317 g/mol. The molecule has 0 radical (unpaired) electrons. The number of carbonyl (C=O) groups excluding carboxylic acids is 1. The van der Waals surface area contributed by atoms with Gasteiger partial charge in [-0.05, 0) is 35.2 Å². The summed E-state index contributed by atoms with van der Waals surface area (Å²) >= 11 is 0. The first-order valence-corrected chi connectivity index (χ1v) is 8.32. The molecule has 128 valence electrons. The number of ether oxygens (including phenoxy) is 1. The summed E-state index contributed by atoms with van der Waals surface area (Å²) in [5.41, 5.74) is 3.15. The molecule has 0 fully saturated rings. The van der Waals surface area contributed by atoms with Crippen molar-refractivity contribution in [3.8, 4) is 12.3 Å². The van der Waals surface area contributed by atoms with Crippen molar-refractivity contribution in [2.24, 2.45) is 0 Å². The van der Waals surface area contributed by atoms with E-state index < -0.39 is 0 Å². The van der Waals surface area contributed by atoms with Gasteiger partial charge in [-0.2, -0.15) is 0 Å². The van der Waals surface area contributed by atoms with Gasteiger partial charge >= 0.3 is 0 Å². The van der Waals surface area contributed by atoms with E-state index in [2.05, 4.69) is 12.0 Å². The van der Waals surface area contributed by atoms with Gasteiger partial charge in [-0.3, -0.25) is 4.79 Å². The minimum absolute atomic E-state index is 0.0658. The monoisotopic (exact) mass is 337 g/mol. The summed E-state index contributed by atoms with van der Waals surface area (Å²) in [6.07, 6.45) is 6.29. The molecule has 0 bridgehead atoms. The molecule has 1 aliphatic heterocycles. The molecule has 0 spiro atoms. The van der Waals surface area contributed by atoms with E-state index >= 15 is 0 Å². The Morgan fingerprint density at radius 2 is 2.00 bits per heavy atom. The van der Waals surface area contributed by atoms with Crippen LogP contribution in [0.5, 0.6) is 0 Å². The Bertz CT molecular complexity index is 779. The lowest BCUT2D eigenvalue weighted by Gasteiger charge is -2.28. The normalized spacial score (nSPS) is 15.9. The van der Waals surface area contributed by atoms with E-state index in [4.69, 9.17) is 11.2 Å². The highest BCUT2D eigenvalue weighted by molar-refractivity contribution is 5.77. The van der Waals surface area contributed by atoms with Crippen molar-refractivity contribution >= 4 is 5.91 Å². The van der Waals surface area contributed by atoms with Crippen molar-refractivity contribution in [1.29, 1.82) is 0 Å². The molecule has 0 aromatic heterocycles. The summed E-state index contributed by atoms with van der Waals surface area (Å²) in [4.78, 5) is 14.4. The first-order chi connectivity index (χ1) is 12.2. The van der Waals surface area contributed by atoms with E-state index in [9.17, 15) is 9.18 Å². The molecule has 2 aromatic rings. The molecule has 0 saturated carbocycles. The molecule has 1 atom stereocenters. The topological polar surface area (TPSA) is 29.5 Å². The summed E-state index contributed by atoms with van der Waals surface area (Å²) in [7, 11) is 0. The number of rotatable bonds is 5. The third kappa shape index (κ3) is 4.26. The molecule has 1 amide bonds. The van der Waals surface area contributed by atoms with Crippen LogP contribution in [0.3, 0.4) is 0 Å². The Hall–Kier alpha value is -2.64. The zero-order valence-corrected chi connectivity index (χ0v) is 14.0. The maximum absolute atomic E-state index is 13.1. The first-order valence-electron chi connectivity index (χ1n) is 8.32. The molecule has 2 aromatic carbocycles. The van der Waals surface area contributed by atoms with Gasteiger partial charge in [-0.1, -0.05) is 42.3 Å². The van der Waals surface area contributed by atoms with Crippen LogP contribution >= 0.6 is 0 Å². The van der Waals surface area contributed by atoms with Gasteiger partial charge in [0.25, 0.3) is 0 Å². The number of fused-ring (bicyclic) bond motifs is 1. The molecule has 0 N–H and O–H groups in total. The van der Waals surface area contributed by atoms with Gasteiger partial charge < -0.3 is 9.64 Å². The summed E-state index contributed by atoms with van der Waals surface area (Å²) in [6.45, 7) is 1.18. The molecule has 0 saturated heterocycles. The molecule has 3 nitrogen and oxygen atoms in total. The number of nitrogens with zero attached hydrogens (tertiary/aromatic N) is 1. The molecule has 0 aliphatic carbocycles. The van der Waals surface area contributed by atoms with E-state index in [1.165, 1.54) is 17.7 Å². The fourth-order valence-corrected chi connectivity index (χ4v) is 3.09. The van der Waals surface area contributed by atoms with Crippen molar-refractivity contribution in [1.82, 2.24) is 4.90 Å². The molecule has 1 unspecified atom stereocenters. The zero-order valence-electron chi connectivity index (χ0n) is 14.0. The van der Waals surface area contributed by atoms with Crippen LogP contribution in [-0.2, 0) is 22.5 Å². The van der Waals surface area contributed by atoms with Crippen LogP contribution in [0.25, 0.3) is 0 Å². The number of benzene rings is 2. The van der Waals surface area contributed by atoms with Gasteiger partial charge in [0.05, 0.1) is 25.7 Å². The van der Waals surface area contributed by atoms with E-state index in [1.807, 2.05) is 18.2 Å². The van der Waals surface area contributed by atoms with Crippen molar-refractivity contribution in [2.75, 3.05) is 13.2 Å². The van der Waals surface area contributed by atoms with Crippen molar-refractivity contribution < 1.29 is 13.9 Å². The SMILES string of the molecule is C#CCN(Cc1ccc(F)cc1)C(=O)CC1OCCc2ccccc21. The van der Waals surface area contributed by atoms with Crippen LogP contribution < -0.4 is 0 Å². The maximum Gasteiger partial charge on any atom is 0.226 e. The van der Waals surface area contributed by atoms with E-state index in [-0.39, 0.29) is 30.8 Å². The average molecular weight is 337 g/mol. The van der Waals surface area contributed by atoms with Crippen LogP contribution in [0.4, 0.5) is 4.39 Å². The van der Waals surface area contributed by atoms with Crippen molar-refractivity contribution in [3.05, 3.63) is 71.0 Å². The van der Waals surface area contributed by atoms with Crippen LogP contribution in [0.1, 0.15) is 29.2 Å². The molecular formula is C21H20FNO2. The quantitative estimate of drug-likeness (QED) is 0.782. The summed E-state index contributed by atoms with van der Waals surface area (Å²) in [5.74, 6) is 2.16. The number of carbonyl (C=O) groups is 1. The third-order valence-electron chi connectivity index (χ3n) is 4.37. The Labute approximate surface area is 147 Å². The summed E-state index contributed by atoms with van der Waals surface area (Å²) in [6, 6.07) is 14.1.